The zero-order valence-corrected chi connectivity index (χ0v) is 9.36. The molecule has 4 heteroatoms. The van der Waals surface area contributed by atoms with Crippen molar-refractivity contribution in [2.45, 2.75) is 11.8 Å². The molecule has 0 saturated heterocycles. The molecular formula is C10H10O2S2. The monoisotopic (exact) mass is 226 g/mol. The normalized spacial score (nSPS) is 10.7. The number of fused-ring (bicyclic) bond motifs is 1. The van der Waals surface area contributed by atoms with Gasteiger partial charge >= 0.3 is 0 Å². The van der Waals surface area contributed by atoms with Gasteiger partial charge in [0.15, 0.2) is 5.06 Å². The van der Waals surface area contributed by atoms with Crippen LogP contribution in [0.4, 0.5) is 0 Å². The van der Waals surface area contributed by atoms with Crippen LogP contribution in [0.2, 0.25) is 0 Å². The van der Waals surface area contributed by atoms with E-state index in [4.69, 9.17) is 4.74 Å². The van der Waals surface area contributed by atoms with E-state index < -0.39 is 0 Å². The Balaban J connectivity index is 2.58. The SMILES string of the molecule is CCOc1cc2cc(O)cc(S)c2s1. The van der Waals surface area contributed by atoms with Crippen molar-refractivity contribution in [3.05, 3.63) is 18.2 Å². The molecule has 0 aliphatic heterocycles. The summed E-state index contributed by atoms with van der Waals surface area (Å²) in [5, 5.41) is 11.2. The van der Waals surface area contributed by atoms with Crippen molar-refractivity contribution in [3.8, 4) is 10.8 Å². The van der Waals surface area contributed by atoms with Gasteiger partial charge in [-0.3, -0.25) is 0 Å². The van der Waals surface area contributed by atoms with Crippen molar-refractivity contribution >= 4 is 34.1 Å². The van der Waals surface area contributed by atoms with Crippen LogP contribution in [0.1, 0.15) is 6.92 Å². The molecule has 2 rings (SSSR count). The van der Waals surface area contributed by atoms with Crippen LogP contribution in [0.15, 0.2) is 23.1 Å². The maximum absolute atomic E-state index is 9.37. The first kappa shape index (κ1) is 9.68. The van der Waals surface area contributed by atoms with E-state index in [1.165, 1.54) is 0 Å². The zero-order valence-electron chi connectivity index (χ0n) is 7.65. The van der Waals surface area contributed by atoms with Crippen LogP contribution in [0.25, 0.3) is 10.1 Å². The summed E-state index contributed by atoms with van der Waals surface area (Å²) in [6, 6.07) is 5.27. The molecule has 0 amide bonds. The average molecular weight is 226 g/mol. The highest BCUT2D eigenvalue weighted by molar-refractivity contribution is 7.80. The van der Waals surface area contributed by atoms with Crippen LogP contribution < -0.4 is 4.74 Å². The molecule has 2 aromatic rings. The molecule has 0 bridgehead atoms. The minimum Gasteiger partial charge on any atom is -0.508 e. The Kier molecular flexibility index (Phi) is 2.56. The maximum Gasteiger partial charge on any atom is 0.174 e. The van der Waals surface area contributed by atoms with Crippen molar-refractivity contribution in [1.29, 1.82) is 0 Å². The fourth-order valence-electron chi connectivity index (χ4n) is 1.31. The first-order valence-corrected chi connectivity index (χ1v) is 5.55. The number of thiophene rings is 1. The van der Waals surface area contributed by atoms with Crippen LogP contribution in [0.3, 0.4) is 0 Å². The molecule has 0 saturated carbocycles. The van der Waals surface area contributed by atoms with E-state index in [-0.39, 0.29) is 5.75 Å². The smallest absolute Gasteiger partial charge is 0.174 e. The quantitative estimate of drug-likeness (QED) is 0.769. The second kappa shape index (κ2) is 3.71. The van der Waals surface area contributed by atoms with E-state index in [0.717, 1.165) is 20.0 Å². The number of hydrogen-bond acceptors (Lipinski definition) is 4. The highest BCUT2D eigenvalue weighted by Crippen LogP contribution is 2.37. The number of phenolic OH excluding ortho intramolecular Hbond substituents is 1. The summed E-state index contributed by atoms with van der Waals surface area (Å²) in [7, 11) is 0. The fourth-order valence-corrected chi connectivity index (χ4v) is 2.67. The third-order valence-corrected chi connectivity index (χ3v) is 3.45. The van der Waals surface area contributed by atoms with Crippen LogP contribution in [-0.2, 0) is 0 Å². The maximum atomic E-state index is 9.37. The largest absolute Gasteiger partial charge is 0.508 e. The van der Waals surface area contributed by atoms with Crippen LogP contribution in [0.5, 0.6) is 10.8 Å². The number of benzene rings is 1. The highest BCUT2D eigenvalue weighted by atomic mass is 32.1. The number of ether oxygens (including phenoxy) is 1. The summed E-state index contributed by atoms with van der Waals surface area (Å²) < 4.78 is 6.44. The topological polar surface area (TPSA) is 29.5 Å². The van der Waals surface area contributed by atoms with Gasteiger partial charge in [0.2, 0.25) is 0 Å². The average Bonchev–Trinajstić information content (AvgIpc) is 2.48. The predicted octanol–water partition coefficient (Wildman–Crippen LogP) is 3.29. The molecular weight excluding hydrogens is 216 g/mol. The lowest BCUT2D eigenvalue weighted by Crippen LogP contribution is -1.86. The number of thiol groups is 1. The number of rotatable bonds is 2. The zero-order chi connectivity index (χ0) is 10.1. The van der Waals surface area contributed by atoms with E-state index in [9.17, 15) is 5.11 Å². The van der Waals surface area contributed by atoms with E-state index in [2.05, 4.69) is 12.6 Å². The summed E-state index contributed by atoms with van der Waals surface area (Å²) >= 11 is 5.84. The van der Waals surface area contributed by atoms with Gasteiger partial charge in [0.1, 0.15) is 5.75 Å². The summed E-state index contributed by atoms with van der Waals surface area (Å²) in [6.45, 7) is 2.60. The minimum absolute atomic E-state index is 0.239. The third kappa shape index (κ3) is 1.67. The lowest BCUT2D eigenvalue weighted by Gasteiger charge is -1.95. The Morgan fingerprint density at radius 2 is 2.21 bits per heavy atom. The predicted molar refractivity (Wildman–Crippen MR) is 61.9 cm³/mol. The van der Waals surface area contributed by atoms with Gasteiger partial charge in [-0.2, -0.15) is 0 Å². The summed E-state index contributed by atoms with van der Waals surface area (Å²) in [6.07, 6.45) is 0. The van der Waals surface area contributed by atoms with Crippen molar-refractivity contribution in [2.24, 2.45) is 0 Å². The van der Waals surface area contributed by atoms with Gasteiger partial charge in [0, 0.05) is 10.3 Å². The summed E-state index contributed by atoms with van der Waals surface area (Å²) in [4.78, 5) is 0.788. The summed E-state index contributed by atoms with van der Waals surface area (Å²) in [5.74, 6) is 0.239. The molecule has 0 aliphatic carbocycles. The lowest BCUT2D eigenvalue weighted by atomic mass is 10.2. The first-order chi connectivity index (χ1) is 6.70. The Labute approximate surface area is 91.5 Å². The van der Waals surface area contributed by atoms with E-state index in [1.807, 2.05) is 13.0 Å². The molecule has 0 fully saturated rings. The third-order valence-electron chi connectivity index (χ3n) is 1.85. The van der Waals surface area contributed by atoms with Gasteiger partial charge in [-0.05, 0) is 25.1 Å². The first-order valence-electron chi connectivity index (χ1n) is 4.29. The molecule has 2 nitrogen and oxygen atoms in total. The molecule has 0 spiro atoms. The Morgan fingerprint density at radius 1 is 1.43 bits per heavy atom. The van der Waals surface area contributed by atoms with Gasteiger partial charge in [-0.15, -0.1) is 12.6 Å². The fraction of sp³-hybridized carbons (Fsp3) is 0.200. The van der Waals surface area contributed by atoms with Crippen LogP contribution >= 0.6 is 24.0 Å². The van der Waals surface area contributed by atoms with Gasteiger partial charge in [-0.25, -0.2) is 0 Å². The van der Waals surface area contributed by atoms with Crippen molar-refractivity contribution in [3.63, 3.8) is 0 Å². The molecule has 1 N–H and O–H groups in total. The highest BCUT2D eigenvalue weighted by Gasteiger charge is 2.06. The molecule has 1 aromatic heterocycles. The second-order valence-electron chi connectivity index (χ2n) is 2.88. The Bertz CT molecular complexity index is 462. The molecule has 1 aromatic carbocycles. The molecule has 0 aliphatic rings. The standard InChI is InChI=1S/C10H10O2S2/c1-2-12-9-4-6-3-7(11)5-8(13)10(6)14-9/h3-5,11,13H,2H2,1H3. The van der Waals surface area contributed by atoms with Crippen molar-refractivity contribution in [1.82, 2.24) is 0 Å². The van der Waals surface area contributed by atoms with Gasteiger partial charge < -0.3 is 9.84 Å². The summed E-state index contributed by atoms with van der Waals surface area (Å²) in [5.41, 5.74) is 0. The van der Waals surface area contributed by atoms with Gasteiger partial charge in [0.25, 0.3) is 0 Å². The van der Waals surface area contributed by atoms with Crippen molar-refractivity contribution in [2.75, 3.05) is 6.61 Å². The molecule has 0 radical (unpaired) electrons. The minimum atomic E-state index is 0.239. The van der Waals surface area contributed by atoms with Crippen LogP contribution in [-0.4, -0.2) is 11.7 Å². The molecule has 1 heterocycles. The molecule has 0 atom stereocenters. The number of phenols is 1. The Morgan fingerprint density at radius 3 is 2.93 bits per heavy atom. The molecule has 74 valence electrons. The van der Waals surface area contributed by atoms with E-state index in [1.54, 1.807) is 23.5 Å². The van der Waals surface area contributed by atoms with Crippen molar-refractivity contribution < 1.29 is 9.84 Å². The number of hydrogen-bond donors (Lipinski definition) is 2. The van der Waals surface area contributed by atoms with Gasteiger partial charge in [-0.1, -0.05) is 11.3 Å². The Hall–Kier alpha value is -0.870. The van der Waals surface area contributed by atoms with E-state index >= 15 is 0 Å². The van der Waals surface area contributed by atoms with Crippen LogP contribution in [0, 0.1) is 0 Å². The molecule has 0 unspecified atom stereocenters. The second-order valence-corrected chi connectivity index (χ2v) is 4.38. The number of aromatic hydroxyl groups is 1. The lowest BCUT2D eigenvalue weighted by molar-refractivity contribution is 0.350. The van der Waals surface area contributed by atoms with E-state index in [0.29, 0.717) is 6.61 Å². The molecule has 14 heavy (non-hydrogen) atoms. The van der Waals surface area contributed by atoms with Gasteiger partial charge in [0.05, 0.1) is 11.3 Å².